The molecule has 164 valence electrons. The molecule has 1 amide bonds. The van der Waals surface area contributed by atoms with Crippen molar-refractivity contribution in [3.8, 4) is 6.07 Å². The molecular weight excluding hydrogens is 394 g/mol. The van der Waals surface area contributed by atoms with E-state index in [-0.39, 0.29) is 11.9 Å². The molecular formula is C23H35N5OS. The summed E-state index contributed by atoms with van der Waals surface area (Å²) < 4.78 is 0. The van der Waals surface area contributed by atoms with Crippen molar-refractivity contribution >= 4 is 23.5 Å². The van der Waals surface area contributed by atoms with Gasteiger partial charge in [0.05, 0.1) is 18.3 Å². The number of amidine groups is 1. The standard InChI is InChI=1S/C23H35N5OS/c1-30-16-10-3-2-8-15-26-22(27-18-20-13-7-9-14-25-20)21(17-24)23(29)28-19-11-5-4-6-12-19/h7,9,13-14,19,21H,2-6,8,10-12,15-16,18H2,1H3,(H,26,27)(H,28,29). The molecule has 0 aliphatic heterocycles. The smallest absolute Gasteiger partial charge is 0.245 e. The molecule has 1 unspecified atom stereocenters. The van der Waals surface area contributed by atoms with Crippen molar-refractivity contribution in [1.82, 2.24) is 15.6 Å². The van der Waals surface area contributed by atoms with Gasteiger partial charge in [0.1, 0.15) is 5.84 Å². The Labute approximate surface area is 185 Å². The molecule has 30 heavy (non-hydrogen) atoms. The Bertz CT molecular complexity index is 683. The molecule has 1 heterocycles. The number of thioether (sulfide) groups is 1. The number of amides is 1. The predicted octanol–water partition coefficient (Wildman–Crippen LogP) is 4.08. The first-order valence-corrected chi connectivity index (χ1v) is 12.5. The van der Waals surface area contributed by atoms with Crippen molar-refractivity contribution in [2.45, 2.75) is 70.4 Å². The molecule has 7 heteroatoms. The van der Waals surface area contributed by atoms with Crippen LogP contribution in [0.5, 0.6) is 0 Å². The lowest BCUT2D eigenvalue weighted by atomic mass is 9.95. The van der Waals surface area contributed by atoms with Crippen molar-refractivity contribution in [2.75, 3.05) is 18.6 Å². The highest BCUT2D eigenvalue weighted by molar-refractivity contribution is 7.98. The predicted molar refractivity (Wildman–Crippen MR) is 124 cm³/mol. The molecule has 2 rings (SSSR count). The van der Waals surface area contributed by atoms with Crippen LogP contribution in [-0.4, -0.2) is 41.3 Å². The van der Waals surface area contributed by atoms with Gasteiger partial charge >= 0.3 is 0 Å². The van der Waals surface area contributed by atoms with Crippen molar-refractivity contribution in [3.63, 3.8) is 0 Å². The number of unbranched alkanes of at least 4 members (excludes halogenated alkanes) is 3. The fourth-order valence-corrected chi connectivity index (χ4v) is 4.12. The molecule has 0 bridgehead atoms. The van der Waals surface area contributed by atoms with Crippen LogP contribution in [0.2, 0.25) is 0 Å². The summed E-state index contributed by atoms with van der Waals surface area (Å²) in [5.74, 6) is 0.506. The molecule has 0 spiro atoms. The Morgan fingerprint density at radius 3 is 2.77 bits per heavy atom. The van der Waals surface area contributed by atoms with Crippen LogP contribution in [0.1, 0.15) is 63.5 Å². The van der Waals surface area contributed by atoms with Crippen LogP contribution in [0.3, 0.4) is 0 Å². The molecule has 2 N–H and O–H groups in total. The van der Waals surface area contributed by atoms with E-state index in [4.69, 9.17) is 0 Å². The molecule has 1 aromatic rings. The zero-order valence-corrected chi connectivity index (χ0v) is 18.9. The van der Waals surface area contributed by atoms with Crippen LogP contribution < -0.4 is 10.6 Å². The second-order valence-electron chi connectivity index (χ2n) is 7.76. The SMILES string of the molecule is CSCCCCCCNC(=NCc1ccccn1)C(C#N)C(=O)NC1CCCCC1. The normalized spacial score (nSPS) is 15.9. The van der Waals surface area contributed by atoms with E-state index in [2.05, 4.69) is 32.9 Å². The highest BCUT2D eigenvalue weighted by Crippen LogP contribution is 2.18. The number of nitrogens with zero attached hydrogens (tertiary/aromatic N) is 3. The van der Waals surface area contributed by atoms with Crippen molar-refractivity contribution in [3.05, 3.63) is 30.1 Å². The van der Waals surface area contributed by atoms with Crippen LogP contribution in [0, 0.1) is 17.2 Å². The number of carbonyl (C=O) groups excluding carboxylic acids is 1. The Morgan fingerprint density at radius 1 is 1.27 bits per heavy atom. The van der Waals surface area contributed by atoms with E-state index in [1.54, 1.807) is 6.20 Å². The van der Waals surface area contributed by atoms with Crippen LogP contribution in [-0.2, 0) is 11.3 Å². The minimum absolute atomic E-state index is 0.176. The monoisotopic (exact) mass is 429 g/mol. The number of carbonyl (C=O) groups is 1. The number of hydrogen-bond donors (Lipinski definition) is 2. The maximum Gasteiger partial charge on any atom is 0.245 e. The zero-order valence-electron chi connectivity index (χ0n) is 18.1. The third kappa shape index (κ3) is 9.17. The maximum atomic E-state index is 12.8. The number of aromatic nitrogens is 1. The van der Waals surface area contributed by atoms with Gasteiger partial charge < -0.3 is 10.6 Å². The van der Waals surface area contributed by atoms with E-state index in [1.165, 1.54) is 25.0 Å². The first-order chi connectivity index (χ1) is 14.7. The average Bonchev–Trinajstić information content (AvgIpc) is 2.78. The van der Waals surface area contributed by atoms with E-state index in [9.17, 15) is 10.1 Å². The average molecular weight is 430 g/mol. The lowest BCUT2D eigenvalue weighted by Crippen LogP contribution is -2.45. The molecule has 1 fully saturated rings. The second-order valence-corrected chi connectivity index (χ2v) is 8.75. The van der Waals surface area contributed by atoms with Crippen LogP contribution in [0.15, 0.2) is 29.4 Å². The van der Waals surface area contributed by atoms with Crippen molar-refractivity contribution in [1.29, 1.82) is 5.26 Å². The van der Waals surface area contributed by atoms with E-state index >= 15 is 0 Å². The third-order valence-corrected chi connectivity index (χ3v) is 6.03. The Balaban J connectivity index is 1.96. The summed E-state index contributed by atoms with van der Waals surface area (Å²) >= 11 is 1.88. The first kappa shape index (κ1) is 24.2. The number of aliphatic imine (C=N–C) groups is 1. The second kappa shape index (κ2) is 14.8. The van der Waals surface area contributed by atoms with Gasteiger partial charge in [-0.1, -0.05) is 38.2 Å². The van der Waals surface area contributed by atoms with Gasteiger partial charge in [0.15, 0.2) is 5.92 Å². The lowest BCUT2D eigenvalue weighted by Gasteiger charge is -2.24. The van der Waals surface area contributed by atoms with Gasteiger partial charge in [0.25, 0.3) is 0 Å². The Kier molecular flexibility index (Phi) is 12.0. The van der Waals surface area contributed by atoms with Gasteiger partial charge in [-0.25, -0.2) is 0 Å². The summed E-state index contributed by atoms with van der Waals surface area (Å²) in [7, 11) is 0. The van der Waals surface area contributed by atoms with Gasteiger partial charge in [-0.15, -0.1) is 0 Å². The molecule has 1 aliphatic rings. The van der Waals surface area contributed by atoms with Crippen molar-refractivity contribution in [2.24, 2.45) is 10.9 Å². The first-order valence-electron chi connectivity index (χ1n) is 11.1. The fraction of sp³-hybridized carbons (Fsp3) is 0.652. The van der Waals surface area contributed by atoms with Crippen LogP contribution >= 0.6 is 11.8 Å². The number of nitrogens with one attached hydrogen (secondary N) is 2. The summed E-state index contributed by atoms with van der Waals surface area (Å²) in [6, 6.07) is 8.02. The van der Waals surface area contributed by atoms with Crippen LogP contribution in [0.4, 0.5) is 0 Å². The van der Waals surface area contributed by atoms with E-state index in [0.717, 1.165) is 50.8 Å². The summed E-state index contributed by atoms with van der Waals surface area (Å²) in [5.41, 5.74) is 0.818. The van der Waals surface area contributed by atoms with Gasteiger partial charge in [-0.05, 0) is 49.8 Å². The number of rotatable bonds is 12. The lowest BCUT2D eigenvalue weighted by molar-refractivity contribution is -0.122. The quantitative estimate of drug-likeness (QED) is 0.297. The molecule has 1 aliphatic carbocycles. The third-order valence-electron chi connectivity index (χ3n) is 5.34. The van der Waals surface area contributed by atoms with Crippen molar-refractivity contribution < 1.29 is 4.79 Å². The number of nitriles is 1. The largest absolute Gasteiger partial charge is 0.372 e. The van der Waals surface area contributed by atoms with Gasteiger partial charge in [-0.3, -0.25) is 14.8 Å². The van der Waals surface area contributed by atoms with Gasteiger partial charge in [0, 0.05) is 18.8 Å². The summed E-state index contributed by atoms with van der Waals surface area (Å²) in [4.78, 5) is 21.7. The van der Waals surface area contributed by atoms with E-state index in [0.29, 0.717) is 12.4 Å². The molecule has 1 atom stereocenters. The molecule has 6 nitrogen and oxygen atoms in total. The van der Waals surface area contributed by atoms with E-state index in [1.807, 2.05) is 30.0 Å². The zero-order chi connectivity index (χ0) is 21.4. The fourth-order valence-electron chi connectivity index (χ4n) is 3.62. The van der Waals surface area contributed by atoms with Crippen LogP contribution in [0.25, 0.3) is 0 Å². The summed E-state index contributed by atoms with van der Waals surface area (Å²) in [6.45, 7) is 1.07. The minimum atomic E-state index is -0.910. The molecule has 0 radical (unpaired) electrons. The van der Waals surface area contributed by atoms with Gasteiger partial charge in [0.2, 0.25) is 5.91 Å². The summed E-state index contributed by atoms with van der Waals surface area (Å²) in [6.07, 6.45) is 13.9. The summed E-state index contributed by atoms with van der Waals surface area (Å²) in [5, 5.41) is 16.1. The molecule has 0 saturated heterocycles. The topological polar surface area (TPSA) is 90.2 Å². The minimum Gasteiger partial charge on any atom is -0.372 e. The molecule has 1 saturated carbocycles. The molecule has 0 aromatic carbocycles. The Morgan fingerprint density at radius 2 is 2.07 bits per heavy atom. The maximum absolute atomic E-state index is 12.8. The van der Waals surface area contributed by atoms with E-state index < -0.39 is 5.92 Å². The Hall–Kier alpha value is -2.07. The highest BCUT2D eigenvalue weighted by atomic mass is 32.2. The number of hydrogen-bond acceptors (Lipinski definition) is 5. The molecule has 1 aromatic heterocycles. The van der Waals surface area contributed by atoms with Gasteiger partial charge in [-0.2, -0.15) is 17.0 Å². The highest BCUT2D eigenvalue weighted by Gasteiger charge is 2.27. The number of pyridine rings is 1.